The van der Waals surface area contributed by atoms with Crippen molar-refractivity contribution in [2.45, 2.75) is 32.3 Å². The van der Waals surface area contributed by atoms with Gasteiger partial charge >= 0.3 is 0 Å². The van der Waals surface area contributed by atoms with Crippen molar-refractivity contribution in [2.24, 2.45) is 5.92 Å². The van der Waals surface area contributed by atoms with Crippen LogP contribution in [-0.2, 0) is 4.74 Å². The van der Waals surface area contributed by atoms with Crippen molar-refractivity contribution >= 4 is 0 Å². The van der Waals surface area contributed by atoms with Gasteiger partial charge in [0.15, 0.2) is 0 Å². The van der Waals surface area contributed by atoms with E-state index in [1.54, 1.807) is 7.11 Å². The van der Waals surface area contributed by atoms with E-state index in [1.807, 2.05) is 0 Å². The molecule has 2 atom stereocenters. The molecule has 84 valence electrons. The van der Waals surface area contributed by atoms with Gasteiger partial charge in [0, 0.05) is 20.2 Å². The molecule has 1 fully saturated rings. The Kier molecular flexibility index (Phi) is 5.45. The van der Waals surface area contributed by atoms with E-state index in [-0.39, 0.29) is 6.10 Å². The summed E-state index contributed by atoms with van der Waals surface area (Å²) in [5.41, 5.74) is 0. The summed E-state index contributed by atoms with van der Waals surface area (Å²) in [6.07, 6.45) is 3.59. The van der Waals surface area contributed by atoms with Crippen LogP contribution in [0.5, 0.6) is 0 Å². The molecule has 1 heterocycles. The van der Waals surface area contributed by atoms with Gasteiger partial charge in [-0.15, -0.1) is 0 Å². The molecule has 0 aliphatic carbocycles. The minimum Gasteiger partial charge on any atom is -0.389 e. The predicted octanol–water partition coefficient (Wildman–Crippen LogP) is 1.12. The first-order valence-corrected chi connectivity index (χ1v) is 5.65. The number of aliphatic hydroxyl groups is 1. The molecule has 2 unspecified atom stereocenters. The molecule has 0 spiro atoms. The summed E-state index contributed by atoms with van der Waals surface area (Å²) in [7, 11) is 1.63. The maximum absolute atomic E-state index is 9.56. The highest BCUT2D eigenvalue weighted by Crippen LogP contribution is 2.20. The number of rotatable bonds is 6. The van der Waals surface area contributed by atoms with Crippen molar-refractivity contribution in [1.82, 2.24) is 4.90 Å². The van der Waals surface area contributed by atoms with E-state index in [9.17, 15) is 5.11 Å². The third-order valence-corrected chi connectivity index (χ3v) is 2.89. The minimum atomic E-state index is -0.319. The molecule has 0 aromatic rings. The average Bonchev–Trinajstić information content (AvgIpc) is 2.53. The van der Waals surface area contributed by atoms with Crippen LogP contribution in [0.25, 0.3) is 0 Å². The standard InChI is InChI=1S/C11H23NO2/c1-3-4-10-5-6-12(7-10)8-11(13)9-14-2/h10-11,13H,3-9H2,1-2H3. The summed E-state index contributed by atoms with van der Waals surface area (Å²) in [6.45, 7) is 5.77. The van der Waals surface area contributed by atoms with Crippen molar-refractivity contribution in [1.29, 1.82) is 0 Å². The Morgan fingerprint density at radius 2 is 2.36 bits per heavy atom. The molecule has 1 aliphatic heterocycles. The van der Waals surface area contributed by atoms with Gasteiger partial charge in [-0.2, -0.15) is 0 Å². The first-order chi connectivity index (χ1) is 6.76. The molecule has 1 aliphatic rings. The molecule has 1 rings (SSSR count). The number of ether oxygens (including phenoxy) is 1. The lowest BCUT2D eigenvalue weighted by molar-refractivity contribution is 0.0420. The van der Waals surface area contributed by atoms with Crippen molar-refractivity contribution in [3.05, 3.63) is 0 Å². The number of nitrogens with zero attached hydrogens (tertiary/aromatic N) is 1. The quantitative estimate of drug-likeness (QED) is 0.699. The van der Waals surface area contributed by atoms with Gasteiger partial charge in [-0.05, 0) is 25.3 Å². The Labute approximate surface area is 87.1 Å². The number of hydrogen-bond acceptors (Lipinski definition) is 3. The fourth-order valence-corrected chi connectivity index (χ4v) is 2.27. The first-order valence-electron chi connectivity index (χ1n) is 5.65. The third-order valence-electron chi connectivity index (χ3n) is 2.89. The Morgan fingerprint density at radius 1 is 1.57 bits per heavy atom. The fourth-order valence-electron chi connectivity index (χ4n) is 2.27. The molecule has 1 saturated heterocycles. The Hall–Kier alpha value is -0.120. The van der Waals surface area contributed by atoms with E-state index in [1.165, 1.54) is 19.3 Å². The zero-order chi connectivity index (χ0) is 10.4. The lowest BCUT2D eigenvalue weighted by Gasteiger charge is -2.19. The van der Waals surface area contributed by atoms with Crippen LogP contribution in [0.2, 0.25) is 0 Å². The summed E-state index contributed by atoms with van der Waals surface area (Å²) < 4.78 is 4.91. The summed E-state index contributed by atoms with van der Waals surface area (Å²) in [4.78, 5) is 2.35. The lowest BCUT2D eigenvalue weighted by Crippen LogP contribution is -2.33. The number of aliphatic hydroxyl groups excluding tert-OH is 1. The van der Waals surface area contributed by atoms with Gasteiger partial charge in [-0.3, -0.25) is 0 Å². The van der Waals surface area contributed by atoms with Gasteiger partial charge in [-0.25, -0.2) is 0 Å². The number of methoxy groups -OCH3 is 1. The van der Waals surface area contributed by atoms with Crippen molar-refractivity contribution in [3.8, 4) is 0 Å². The number of likely N-dealkylation sites (tertiary alicyclic amines) is 1. The van der Waals surface area contributed by atoms with Crippen molar-refractivity contribution < 1.29 is 9.84 Å². The van der Waals surface area contributed by atoms with E-state index >= 15 is 0 Å². The molecular weight excluding hydrogens is 178 g/mol. The summed E-state index contributed by atoms with van der Waals surface area (Å²) >= 11 is 0. The Balaban J connectivity index is 2.15. The average molecular weight is 201 g/mol. The van der Waals surface area contributed by atoms with Gasteiger partial charge in [0.1, 0.15) is 0 Å². The predicted molar refractivity (Wildman–Crippen MR) is 57.3 cm³/mol. The molecule has 0 bridgehead atoms. The molecule has 0 aromatic heterocycles. The van der Waals surface area contributed by atoms with Crippen LogP contribution in [0.15, 0.2) is 0 Å². The summed E-state index contributed by atoms with van der Waals surface area (Å²) in [5, 5.41) is 9.56. The van der Waals surface area contributed by atoms with E-state index in [4.69, 9.17) is 4.74 Å². The van der Waals surface area contributed by atoms with Gasteiger partial charge in [0.05, 0.1) is 12.7 Å². The first kappa shape index (κ1) is 12.0. The molecule has 14 heavy (non-hydrogen) atoms. The van der Waals surface area contributed by atoms with Gasteiger partial charge in [0.2, 0.25) is 0 Å². The second kappa shape index (κ2) is 6.38. The zero-order valence-electron chi connectivity index (χ0n) is 9.41. The van der Waals surface area contributed by atoms with Crippen LogP contribution in [0.1, 0.15) is 26.2 Å². The van der Waals surface area contributed by atoms with Crippen LogP contribution < -0.4 is 0 Å². The van der Waals surface area contributed by atoms with Crippen LogP contribution in [0, 0.1) is 5.92 Å². The minimum absolute atomic E-state index is 0.319. The van der Waals surface area contributed by atoms with Gasteiger partial charge < -0.3 is 14.7 Å². The summed E-state index contributed by atoms with van der Waals surface area (Å²) in [6, 6.07) is 0. The van der Waals surface area contributed by atoms with Crippen molar-refractivity contribution in [2.75, 3.05) is 33.4 Å². The third kappa shape index (κ3) is 3.95. The van der Waals surface area contributed by atoms with Crippen LogP contribution in [0.3, 0.4) is 0 Å². The lowest BCUT2D eigenvalue weighted by atomic mass is 10.0. The Morgan fingerprint density at radius 3 is 3.00 bits per heavy atom. The number of β-amino-alcohol motifs (C(OH)–C–C–N with tert-alkyl or cyclic N) is 1. The molecule has 3 heteroatoms. The SMILES string of the molecule is CCCC1CCN(CC(O)COC)C1. The van der Waals surface area contributed by atoms with E-state index in [0.717, 1.165) is 25.6 Å². The Bertz CT molecular complexity index is 152. The second-order valence-corrected chi connectivity index (χ2v) is 4.31. The maximum Gasteiger partial charge on any atom is 0.0900 e. The fraction of sp³-hybridized carbons (Fsp3) is 1.00. The largest absolute Gasteiger partial charge is 0.389 e. The van der Waals surface area contributed by atoms with Crippen LogP contribution in [0.4, 0.5) is 0 Å². The normalized spacial score (nSPS) is 25.5. The van der Waals surface area contributed by atoms with E-state index in [0.29, 0.717) is 6.61 Å². The molecular formula is C11H23NO2. The van der Waals surface area contributed by atoms with Gasteiger partial charge in [-0.1, -0.05) is 13.3 Å². The maximum atomic E-state index is 9.56. The molecule has 0 aromatic carbocycles. The molecule has 0 saturated carbocycles. The van der Waals surface area contributed by atoms with E-state index < -0.39 is 0 Å². The monoisotopic (exact) mass is 201 g/mol. The molecule has 0 amide bonds. The summed E-state index contributed by atoms with van der Waals surface area (Å²) in [5.74, 6) is 0.856. The van der Waals surface area contributed by atoms with E-state index in [2.05, 4.69) is 11.8 Å². The molecule has 0 radical (unpaired) electrons. The van der Waals surface area contributed by atoms with Crippen LogP contribution in [-0.4, -0.2) is 49.5 Å². The van der Waals surface area contributed by atoms with Crippen molar-refractivity contribution in [3.63, 3.8) is 0 Å². The molecule has 3 nitrogen and oxygen atoms in total. The zero-order valence-corrected chi connectivity index (χ0v) is 9.41. The number of hydrogen-bond donors (Lipinski definition) is 1. The topological polar surface area (TPSA) is 32.7 Å². The second-order valence-electron chi connectivity index (χ2n) is 4.31. The highest BCUT2D eigenvalue weighted by atomic mass is 16.5. The van der Waals surface area contributed by atoms with Gasteiger partial charge in [0.25, 0.3) is 0 Å². The van der Waals surface area contributed by atoms with Crippen LogP contribution >= 0.6 is 0 Å². The highest BCUT2D eigenvalue weighted by Gasteiger charge is 2.23. The highest BCUT2D eigenvalue weighted by molar-refractivity contribution is 4.76. The smallest absolute Gasteiger partial charge is 0.0900 e. The molecule has 1 N–H and O–H groups in total.